The van der Waals surface area contributed by atoms with Crippen LogP contribution in [0.25, 0.3) is 0 Å². The minimum absolute atomic E-state index is 0.181. The number of nitrogens with zero attached hydrogens (tertiary/aromatic N) is 1. The van der Waals surface area contributed by atoms with Crippen LogP contribution in [0.1, 0.15) is 24.2 Å². The molecule has 0 spiro atoms. The van der Waals surface area contributed by atoms with Crippen LogP contribution in [0.4, 0.5) is 0 Å². The van der Waals surface area contributed by atoms with Gasteiger partial charge in [-0.25, -0.2) is 4.79 Å². The highest BCUT2D eigenvalue weighted by Crippen LogP contribution is 2.00. The quantitative estimate of drug-likeness (QED) is 0.725. The summed E-state index contributed by atoms with van der Waals surface area (Å²) in [6.07, 6.45) is 0. The van der Waals surface area contributed by atoms with E-state index >= 15 is 0 Å². The first-order valence-corrected chi connectivity index (χ1v) is 5.60. The zero-order valence-corrected chi connectivity index (χ0v) is 10.1. The van der Waals surface area contributed by atoms with Crippen LogP contribution in [-0.2, 0) is 9.53 Å². The molecule has 0 aliphatic heterocycles. The lowest BCUT2D eigenvalue weighted by Gasteiger charge is -2.18. The van der Waals surface area contributed by atoms with Crippen molar-refractivity contribution in [2.24, 2.45) is 0 Å². The SMILES string of the molecule is CCN(CC)C(=O)COC(=O)c1[c]cccc1. The van der Waals surface area contributed by atoms with Crippen molar-refractivity contribution in [2.75, 3.05) is 19.7 Å². The maximum atomic E-state index is 11.6. The van der Waals surface area contributed by atoms with E-state index in [-0.39, 0.29) is 12.5 Å². The Labute approximate surface area is 101 Å². The number of amides is 1. The maximum absolute atomic E-state index is 11.6. The van der Waals surface area contributed by atoms with E-state index in [1.807, 2.05) is 13.8 Å². The van der Waals surface area contributed by atoms with E-state index in [1.54, 1.807) is 29.2 Å². The predicted molar refractivity (Wildman–Crippen MR) is 63.5 cm³/mol. The van der Waals surface area contributed by atoms with Crippen molar-refractivity contribution in [1.29, 1.82) is 0 Å². The van der Waals surface area contributed by atoms with Gasteiger partial charge in [-0.2, -0.15) is 0 Å². The number of carbonyl (C=O) groups excluding carboxylic acids is 2. The second kappa shape index (κ2) is 6.68. The first-order valence-electron chi connectivity index (χ1n) is 5.60. The van der Waals surface area contributed by atoms with Gasteiger partial charge in [0.05, 0.1) is 5.56 Å². The molecule has 4 nitrogen and oxygen atoms in total. The van der Waals surface area contributed by atoms with Crippen LogP contribution < -0.4 is 0 Å². The van der Waals surface area contributed by atoms with Gasteiger partial charge < -0.3 is 9.64 Å². The summed E-state index contributed by atoms with van der Waals surface area (Å²) < 4.78 is 4.91. The largest absolute Gasteiger partial charge is 0.452 e. The Morgan fingerprint density at radius 3 is 2.53 bits per heavy atom. The van der Waals surface area contributed by atoms with E-state index in [4.69, 9.17) is 4.74 Å². The first kappa shape index (κ1) is 13.2. The van der Waals surface area contributed by atoms with E-state index in [0.29, 0.717) is 18.7 Å². The second-order valence-electron chi connectivity index (χ2n) is 3.42. The Balaban J connectivity index is 2.46. The summed E-state index contributed by atoms with van der Waals surface area (Å²) in [5.41, 5.74) is 0.333. The van der Waals surface area contributed by atoms with E-state index in [9.17, 15) is 9.59 Å². The number of ether oxygens (including phenoxy) is 1. The van der Waals surface area contributed by atoms with Crippen LogP contribution >= 0.6 is 0 Å². The van der Waals surface area contributed by atoms with Crippen molar-refractivity contribution in [1.82, 2.24) is 4.90 Å². The van der Waals surface area contributed by atoms with E-state index in [2.05, 4.69) is 6.07 Å². The van der Waals surface area contributed by atoms with Gasteiger partial charge in [0.2, 0.25) is 0 Å². The predicted octanol–water partition coefficient (Wildman–Crippen LogP) is 1.51. The van der Waals surface area contributed by atoms with Gasteiger partial charge in [-0.3, -0.25) is 4.79 Å². The molecule has 0 bridgehead atoms. The third kappa shape index (κ3) is 3.90. The van der Waals surface area contributed by atoms with Crippen molar-refractivity contribution in [2.45, 2.75) is 13.8 Å². The molecule has 0 aliphatic rings. The zero-order valence-electron chi connectivity index (χ0n) is 10.1. The Morgan fingerprint density at radius 2 is 2.00 bits per heavy atom. The minimum atomic E-state index is -0.522. The van der Waals surface area contributed by atoms with Crippen LogP contribution in [0.2, 0.25) is 0 Å². The molecule has 0 fully saturated rings. The molecule has 1 radical (unpaired) electrons. The van der Waals surface area contributed by atoms with E-state index in [0.717, 1.165) is 0 Å². The summed E-state index contributed by atoms with van der Waals surface area (Å²) in [5, 5.41) is 0. The fourth-order valence-corrected chi connectivity index (χ4v) is 1.39. The summed E-state index contributed by atoms with van der Waals surface area (Å²) in [6, 6.07) is 9.46. The Morgan fingerprint density at radius 1 is 1.29 bits per heavy atom. The Bertz CT molecular complexity index is 372. The number of carbonyl (C=O) groups is 2. The maximum Gasteiger partial charge on any atom is 0.339 e. The molecule has 91 valence electrons. The number of rotatable bonds is 5. The number of likely N-dealkylation sites (N-methyl/N-ethyl adjacent to an activating group) is 1. The van der Waals surface area contributed by atoms with Gasteiger partial charge in [0.15, 0.2) is 6.61 Å². The molecule has 0 aromatic heterocycles. The molecule has 0 saturated carbocycles. The summed E-state index contributed by atoms with van der Waals surface area (Å²) in [7, 11) is 0. The van der Waals surface area contributed by atoms with Gasteiger partial charge in [-0.05, 0) is 26.0 Å². The Kier molecular flexibility index (Phi) is 5.20. The fourth-order valence-electron chi connectivity index (χ4n) is 1.39. The lowest BCUT2D eigenvalue weighted by atomic mass is 10.2. The summed E-state index contributed by atoms with van der Waals surface area (Å²) >= 11 is 0. The van der Waals surface area contributed by atoms with Crippen molar-refractivity contribution in [3.63, 3.8) is 0 Å². The molecule has 1 amide bonds. The molecule has 4 heteroatoms. The first-order chi connectivity index (χ1) is 8.19. The van der Waals surface area contributed by atoms with Crippen LogP contribution in [0.3, 0.4) is 0 Å². The third-order valence-electron chi connectivity index (χ3n) is 2.37. The van der Waals surface area contributed by atoms with E-state index < -0.39 is 5.97 Å². The molecule has 0 heterocycles. The molecule has 0 saturated heterocycles. The fraction of sp³-hybridized carbons (Fsp3) is 0.385. The van der Waals surface area contributed by atoms with Crippen LogP contribution in [0.5, 0.6) is 0 Å². The lowest BCUT2D eigenvalue weighted by Crippen LogP contribution is -2.34. The molecule has 17 heavy (non-hydrogen) atoms. The molecule has 0 N–H and O–H groups in total. The van der Waals surface area contributed by atoms with Crippen molar-refractivity contribution in [3.05, 3.63) is 35.9 Å². The van der Waals surface area contributed by atoms with E-state index in [1.165, 1.54) is 0 Å². The van der Waals surface area contributed by atoms with Crippen molar-refractivity contribution in [3.8, 4) is 0 Å². The molecular weight excluding hydrogens is 218 g/mol. The molecular formula is C13H16NO3. The van der Waals surface area contributed by atoms with Gasteiger partial charge in [-0.15, -0.1) is 0 Å². The topological polar surface area (TPSA) is 46.6 Å². The zero-order chi connectivity index (χ0) is 12.7. The average molecular weight is 234 g/mol. The number of benzene rings is 1. The highest BCUT2D eigenvalue weighted by atomic mass is 16.5. The van der Waals surface area contributed by atoms with Crippen molar-refractivity contribution >= 4 is 11.9 Å². The summed E-state index contributed by atoms with van der Waals surface area (Å²) in [4.78, 5) is 24.7. The van der Waals surface area contributed by atoms with Gasteiger partial charge in [0, 0.05) is 13.1 Å². The van der Waals surface area contributed by atoms with Crippen molar-refractivity contribution < 1.29 is 14.3 Å². The minimum Gasteiger partial charge on any atom is -0.452 e. The van der Waals surface area contributed by atoms with Crippen LogP contribution in [0.15, 0.2) is 24.3 Å². The molecule has 1 aromatic carbocycles. The summed E-state index contributed by atoms with van der Waals surface area (Å²) in [5.74, 6) is -0.703. The highest BCUT2D eigenvalue weighted by Gasteiger charge is 2.13. The number of hydrogen-bond acceptors (Lipinski definition) is 3. The molecule has 0 aliphatic carbocycles. The smallest absolute Gasteiger partial charge is 0.339 e. The molecule has 0 atom stereocenters. The Hall–Kier alpha value is -1.84. The third-order valence-corrected chi connectivity index (χ3v) is 2.37. The van der Waals surface area contributed by atoms with Gasteiger partial charge in [-0.1, -0.05) is 18.2 Å². The molecule has 1 rings (SSSR count). The van der Waals surface area contributed by atoms with Crippen LogP contribution in [0, 0.1) is 6.07 Å². The lowest BCUT2D eigenvalue weighted by molar-refractivity contribution is -0.134. The number of esters is 1. The normalized spacial score (nSPS) is 9.76. The van der Waals surface area contributed by atoms with Gasteiger partial charge in [0.1, 0.15) is 0 Å². The average Bonchev–Trinajstić information content (AvgIpc) is 2.38. The molecule has 1 aromatic rings. The second-order valence-corrected chi connectivity index (χ2v) is 3.42. The standard InChI is InChI=1S/C13H16NO3/c1-3-14(4-2)12(15)10-17-13(16)11-8-6-5-7-9-11/h5-8H,3-4,10H2,1-2H3. The van der Waals surface area contributed by atoms with Crippen LogP contribution in [-0.4, -0.2) is 36.5 Å². The number of hydrogen-bond donors (Lipinski definition) is 0. The van der Waals surface area contributed by atoms with Gasteiger partial charge >= 0.3 is 5.97 Å². The molecule has 0 unspecified atom stereocenters. The highest BCUT2D eigenvalue weighted by molar-refractivity contribution is 5.90. The van der Waals surface area contributed by atoms with Gasteiger partial charge in [0.25, 0.3) is 5.91 Å². The summed E-state index contributed by atoms with van der Waals surface area (Å²) in [6.45, 7) is 4.78. The monoisotopic (exact) mass is 234 g/mol.